The molecule has 0 amide bonds. The van der Waals surface area contributed by atoms with Crippen molar-refractivity contribution in [2.45, 2.75) is 19.8 Å². The average molecular weight is 192 g/mol. The molecule has 0 saturated heterocycles. The summed E-state index contributed by atoms with van der Waals surface area (Å²) >= 11 is 0. The van der Waals surface area contributed by atoms with Crippen LogP contribution in [-0.2, 0) is 6.42 Å². The van der Waals surface area contributed by atoms with Gasteiger partial charge in [0.25, 0.3) is 0 Å². The van der Waals surface area contributed by atoms with E-state index in [0.717, 1.165) is 24.3 Å². The van der Waals surface area contributed by atoms with E-state index in [2.05, 4.69) is 6.92 Å². The molecule has 0 atom stereocenters. The maximum atomic E-state index is 7.14. The second-order valence-corrected chi connectivity index (χ2v) is 3.19. The Hall–Kier alpha value is -1.51. The number of nitrogens with one attached hydrogen (secondary N) is 1. The van der Waals surface area contributed by atoms with E-state index in [1.807, 2.05) is 24.3 Å². The third-order valence-corrected chi connectivity index (χ3v) is 1.79. The van der Waals surface area contributed by atoms with Crippen LogP contribution in [0.15, 0.2) is 24.3 Å². The van der Waals surface area contributed by atoms with Gasteiger partial charge in [0.05, 0.1) is 12.4 Å². The predicted octanol–water partition coefficient (Wildman–Crippen LogP) is 1.95. The van der Waals surface area contributed by atoms with Crippen molar-refractivity contribution in [3.05, 3.63) is 29.8 Å². The molecule has 0 aliphatic rings. The molecular weight excluding hydrogens is 176 g/mol. The molecule has 1 aromatic rings. The van der Waals surface area contributed by atoms with Crippen LogP contribution >= 0.6 is 0 Å². The summed E-state index contributed by atoms with van der Waals surface area (Å²) in [4.78, 5) is 0. The Labute approximate surface area is 84.4 Å². The van der Waals surface area contributed by atoms with Crippen molar-refractivity contribution < 1.29 is 4.74 Å². The van der Waals surface area contributed by atoms with Crippen LogP contribution in [0, 0.1) is 5.41 Å². The van der Waals surface area contributed by atoms with E-state index in [1.165, 1.54) is 0 Å². The van der Waals surface area contributed by atoms with Crippen molar-refractivity contribution in [1.82, 2.24) is 0 Å². The molecule has 0 aliphatic heterocycles. The van der Waals surface area contributed by atoms with Crippen molar-refractivity contribution in [3.63, 3.8) is 0 Å². The lowest BCUT2D eigenvalue weighted by Crippen LogP contribution is -2.12. The van der Waals surface area contributed by atoms with Gasteiger partial charge in [0.2, 0.25) is 0 Å². The largest absolute Gasteiger partial charge is 0.494 e. The van der Waals surface area contributed by atoms with E-state index in [9.17, 15) is 0 Å². The van der Waals surface area contributed by atoms with Gasteiger partial charge < -0.3 is 10.5 Å². The van der Waals surface area contributed by atoms with Crippen LogP contribution in [0.3, 0.4) is 0 Å². The van der Waals surface area contributed by atoms with Crippen molar-refractivity contribution in [2.24, 2.45) is 5.73 Å². The molecule has 1 aromatic carbocycles. The zero-order chi connectivity index (χ0) is 10.4. The first-order valence-corrected chi connectivity index (χ1v) is 4.77. The number of rotatable bonds is 5. The van der Waals surface area contributed by atoms with Gasteiger partial charge in [-0.2, -0.15) is 0 Å². The van der Waals surface area contributed by atoms with Gasteiger partial charge in [-0.05, 0) is 24.1 Å². The first kappa shape index (κ1) is 10.6. The first-order chi connectivity index (χ1) is 6.72. The second kappa shape index (κ2) is 5.27. The van der Waals surface area contributed by atoms with Crippen LogP contribution in [0.4, 0.5) is 0 Å². The summed E-state index contributed by atoms with van der Waals surface area (Å²) in [5.74, 6) is 1.06. The fraction of sp³-hybridized carbons (Fsp3) is 0.364. The van der Waals surface area contributed by atoms with Crippen LogP contribution in [-0.4, -0.2) is 12.4 Å². The molecule has 0 aromatic heterocycles. The molecule has 3 nitrogen and oxygen atoms in total. The number of hydrogen-bond donors (Lipinski definition) is 2. The Kier molecular flexibility index (Phi) is 3.98. The molecule has 0 fully saturated rings. The van der Waals surface area contributed by atoms with Crippen molar-refractivity contribution in [2.75, 3.05) is 6.61 Å². The molecule has 0 saturated carbocycles. The maximum absolute atomic E-state index is 7.14. The quantitative estimate of drug-likeness (QED) is 0.553. The van der Waals surface area contributed by atoms with Crippen LogP contribution in [0.1, 0.15) is 18.9 Å². The molecule has 0 spiro atoms. The van der Waals surface area contributed by atoms with Crippen LogP contribution < -0.4 is 10.5 Å². The van der Waals surface area contributed by atoms with Crippen molar-refractivity contribution >= 4 is 5.84 Å². The molecule has 3 heteroatoms. The summed E-state index contributed by atoms with van der Waals surface area (Å²) in [5, 5.41) is 7.14. The summed E-state index contributed by atoms with van der Waals surface area (Å²) in [7, 11) is 0. The van der Waals surface area contributed by atoms with Gasteiger partial charge in [-0.1, -0.05) is 19.1 Å². The number of benzene rings is 1. The summed E-state index contributed by atoms with van der Waals surface area (Å²) in [6, 6.07) is 7.70. The lowest BCUT2D eigenvalue weighted by Gasteiger charge is -2.05. The predicted molar refractivity (Wildman–Crippen MR) is 57.8 cm³/mol. The monoisotopic (exact) mass is 192 g/mol. The maximum Gasteiger partial charge on any atom is 0.119 e. The molecule has 0 bridgehead atoms. The highest BCUT2D eigenvalue weighted by Crippen LogP contribution is 2.12. The van der Waals surface area contributed by atoms with Gasteiger partial charge in [0, 0.05) is 6.42 Å². The summed E-state index contributed by atoms with van der Waals surface area (Å²) in [5.41, 5.74) is 6.34. The number of ether oxygens (including phenoxy) is 1. The van der Waals surface area contributed by atoms with E-state index < -0.39 is 0 Å². The lowest BCUT2D eigenvalue weighted by molar-refractivity contribution is 0.317. The van der Waals surface area contributed by atoms with E-state index in [4.69, 9.17) is 15.9 Å². The van der Waals surface area contributed by atoms with Gasteiger partial charge in [-0.3, -0.25) is 5.41 Å². The highest BCUT2D eigenvalue weighted by Gasteiger charge is 1.96. The zero-order valence-electron chi connectivity index (χ0n) is 8.42. The van der Waals surface area contributed by atoms with Gasteiger partial charge in [-0.25, -0.2) is 0 Å². The van der Waals surface area contributed by atoms with Crippen LogP contribution in [0.25, 0.3) is 0 Å². The van der Waals surface area contributed by atoms with Crippen LogP contribution in [0.5, 0.6) is 5.75 Å². The van der Waals surface area contributed by atoms with E-state index in [0.29, 0.717) is 6.42 Å². The Bertz CT molecular complexity index is 293. The molecule has 0 radical (unpaired) electrons. The van der Waals surface area contributed by atoms with Crippen molar-refractivity contribution in [3.8, 4) is 5.75 Å². The van der Waals surface area contributed by atoms with Gasteiger partial charge in [0.15, 0.2) is 0 Å². The minimum absolute atomic E-state index is 0.187. The Balaban J connectivity index is 2.54. The fourth-order valence-corrected chi connectivity index (χ4v) is 1.14. The van der Waals surface area contributed by atoms with E-state index in [1.54, 1.807) is 0 Å². The lowest BCUT2D eigenvalue weighted by atomic mass is 10.1. The fourth-order valence-electron chi connectivity index (χ4n) is 1.14. The molecule has 1 rings (SSSR count). The molecule has 0 aliphatic carbocycles. The van der Waals surface area contributed by atoms with Gasteiger partial charge in [-0.15, -0.1) is 0 Å². The SMILES string of the molecule is CCCOc1ccc(CC(=N)N)cc1. The minimum Gasteiger partial charge on any atom is -0.494 e. The topological polar surface area (TPSA) is 59.1 Å². The van der Waals surface area contributed by atoms with Crippen LogP contribution in [0.2, 0.25) is 0 Å². The Morgan fingerprint density at radius 1 is 1.36 bits per heavy atom. The van der Waals surface area contributed by atoms with E-state index >= 15 is 0 Å². The highest BCUT2D eigenvalue weighted by atomic mass is 16.5. The molecule has 0 heterocycles. The molecule has 76 valence electrons. The first-order valence-electron chi connectivity index (χ1n) is 4.77. The average Bonchev–Trinajstić information content (AvgIpc) is 2.16. The molecule has 14 heavy (non-hydrogen) atoms. The summed E-state index contributed by atoms with van der Waals surface area (Å²) in [6.07, 6.45) is 1.52. The number of amidine groups is 1. The number of hydrogen-bond acceptors (Lipinski definition) is 2. The highest BCUT2D eigenvalue weighted by molar-refractivity contribution is 5.79. The van der Waals surface area contributed by atoms with E-state index in [-0.39, 0.29) is 5.84 Å². The smallest absolute Gasteiger partial charge is 0.119 e. The van der Waals surface area contributed by atoms with Gasteiger partial charge >= 0.3 is 0 Å². The Morgan fingerprint density at radius 2 is 2.00 bits per heavy atom. The summed E-state index contributed by atoms with van der Waals surface area (Å²) < 4.78 is 5.43. The van der Waals surface area contributed by atoms with Gasteiger partial charge in [0.1, 0.15) is 5.75 Å². The number of nitrogens with two attached hydrogens (primary N) is 1. The van der Waals surface area contributed by atoms with Crippen molar-refractivity contribution in [1.29, 1.82) is 5.41 Å². The third-order valence-electron chi connectivity index (χ3n) is 1.79. The minimum atomic E-state index is 0.187. The zero-order valence-corrected chi connectivity index (χ0v) is 8.42. The normalized spacial score (nSPS) is 9.79. The molecular formula is C11H16N2O. The second-order valence-electron chi connectivity index (χ2n) is 3.19. The third kappa shape index (κ3) is 3.47. The standard InChI is InChI=1S/C11H16N2O/c1-2-7-14-10-5-3-9(4-6-10)8-11(12)13/h3-6H,2,7-8H2,1H3,(H3,12,13). The Morgan fingerprint density at radius 3 is 2.50 bits per heavy atom. The molecule has 0 unspecified atom stereocenters. The summed E-state index contributed by atoms with van der Waals surface area (Å²) in [6.45, 7) is 2.82. The molecule has 3 N–H and O–H groups in total.